The van der Waals surface area contributed by atoms with Crippen LogP contribution < -0.4 is 10.2 Å². The van der Waals surface area contributed by atoms with Gasteiger partial charge in [0.25, 0.3) is 0 Å². The predicted molar refractivity (Wildman–Crippen MR) is 83.0 cm³/mol. The third-order valence-electron chi connectivity index (χ3n) is 3.67. The lowest BCUT2D eigenvalue weighted by molar-refractivity contribution is -0.119. The number of rotatable bonds is 6. The molecule has 0 aromatic heterocycles. The zero-order valence-electron chi connectivity index (χ0n) is 12.3. The molecule has 0 spiro atoms. The maximum absolute atomic E-state index is 12.6. The molecule has 1 aliphatic rings. The summed E-state index contributed by atoms with van der Waals surface area (Å²) in [6.45, 7) is 7.38. The summed E-state index contributed by atoms with van der Waals surface area (Å²) in [4.78, 5) is 16.8. The Balaban J connectivity index is 1.99. The Kier molecular flexibility index (Phi) is 6.02. The van der Waals surface area contributed by atoms with Crippen LogP contribution in [0.5, 0.6) is 0 Å². The Morgan fingerprint density at radius 3 is 2.60 bits per heavy atom. The standard InChI is InChI=1S/C16H25N3O/c1-2-3-11-19(15-7-5-4-6-8-15)16(20)14-18-12-9-17-10-13-18/h4-8,17H,2-3,9-14H2,1H3. The van der Waals surface area contributed by atoms with Gasteiger partial charge in [-0.25, -0.2) is 0 Å². The largest absolute Gasteiger partial charge is 0.314 e. The van der Waals surface area contributed by atoms with Crippen LogP contribution in [0.2, 0.25) is 0 Å². The highest BCUT2D eigenvalue weighted by Gasteiger charge is 2.19. The van der Waals surface area contributed by atoms with E-state index in [9.17, 15) is 4.79 Å². The van der Waals surface area contributed by atoms with E-state index in [2.05, 4.69) is 17.1 Å². The van der Waals surface area contributed by atoms with Gasteiger partial charge in [-0.15, -0.1) is 0 Å². The normalized spacial score (nSPS) is 16.1. The van der Waals surface area contributed by atoms with Gasteiger partial charge in [-0.3, -0.25) is 9.69 Å². The average molecular weight is 275 g/mol. The van der Waals surface area contributed by atoms with Crippen molar-refractivity contribution in [3.63, 3.8) is 0 Å². The molecule has 1 N–H and O–H groups in total. The summed E-state index contributed by atoms with van der Waals surface area (Å²) in [5, 5.41) is 3.32. The fourth-order valence-electron chi connectivity index (χ4n) is 2.47. The number of carbonyl (C=O) groups excluding carboxylic acids is 1. The van der Waals surface area contributed by atoms with Crippen molar-refractivity contribution in [3.8, 4) is 0 Å². The Hall–Kier alpha value is -1.39. The number of amides is 1. The number of hydrogen-bond donors (Lipinski definition) is 1. The van der Waals surface area contributed by atoms with Crippen LogP contribution in [0.25, 0.3) is 0 Å². The summed E-state index contributed by atoms with van der Waals surface area (Å²) in [6, 6.07) is 10.0. The van der Waals surface area contributed by atoms with Crippen LogP contribution in [-0.2, 0) is 4.79 Å². The minimum absolute atomic E-state index is 0.214. The number of nitrogens with zero attached hydrogens (tertiary/aromatic N) is 2. The van der Waals surface area contributed by atoms with Crippen molar-refractivity contribution < 1.29 is 4.79 Å². The highest BCUT2D eigenvalue weighted by molar-refractivity contribution is 5.94. The van der Waals surface area contributed by atoms with Crippen LogP contribution in [0.15, 0.2) is 30.3 Å². The van der Waals surface area contributed by atoms with Gasteiger partial charge in [0.1, 0.15) is 0 Å². The molecule has 20 heavy (non-hydrogen) atoms. The number of unbranched alkanes of at least 4 members (excludes halogenated alkanes) is 1. The third-order valence-corrected chi connectivity index (χ3v) is 3.67. The van der Waals surface area contributed by atoms with Gasteiger partial charge in [0.2, 0.25) is 5.91 Å². The second kappa shape index (κ2) is 8.02. The van der Waals surface area contributed by atoms with Crippen molar-refractivity contribution in [2.45, 2.75) is 19.8 Å². The van der Waals surface area contributed by atoms with E-state index in [-0.39, 0.29) is 5.91 Å². The van der Waals surface area contributed by atoms with Gasteiger partial charge >= 0.3 is 0 Å². The Labute approximate surface area is 121 Å². The van der Waals surface area contributed by atoms with E-state index in [4.69, 9.17) is 0 Å². The van der Waals surface area contributed by atoms with Crippen molar-refractivity contribution in [2.75, 3.05) is 44.2 Å². The molecule has 1 amide bonds. The molecule has 0 unspecified atom stereocenters. The first-order chi connectivity index (χ1) is 9.81. The molecule has 2 rings (SSSR count). The maximum Gasteiger partial charge on any atom is 0.241 e. The van der Waals surface area contributed by atoms with E-state index in [0.717, 1.165) is 51.3 Å². The van der Waals surface area contributed by atoms with Gasteiger partial charge < -0.3 is 10.2 Å². The topological polar surface area (TPSA) is 35.6 Å². The molecule has 1 saturated heterocycles. The number of benzene rings is 1. The highest BCUT2D eigenvalue weighted by atomic mass is 16.2. The number of nitrogens with one attached hydrogen (secondary N) is 1. The number of para-hydroxylation sites is 1. The summed E-state index contributed by atoms with van der Waals surface area (Å²) in [5.74, 6) is 0.214. The number of hydrogen-bond acceptors (Lipinski definition) is 3. The predicted octanol–water partition coefficient (Wildman–Crippen LogP) is 1.72. The molecule has 110 valence electrons. The Morgan fingerprint density at radius 1 is 1.25 bits per heavy atom. The first kappa shape index (κ1) is 15.0. The fourth-order valence-corrected chi connectivity index (χ4v) is 2.47. The van der Waals surface area contributed by atoms with Crippen molar-refractivity contribution in [3.05, 3.63) is 30.3 Å². The SMILES string of the molecule is CCCCN(C(=O)CN1CCNCC1)c1ccccc1. The van der Waals surface area contributed by atoms with Crippen molar-refractivity contribution in [1.82, 2.24) is 10.2 Å². The second-order valence-electron chi connectivity index (χ2n) is 5.26. The number of piperazine rings is 1. The summed E-state index contributed by atoms with van der Waals surface area (Å²) in [6.07, 6.45) is 2.15. The van der Waals surface area contributed by atoms with Gasteiger partial charge in [-0.1, -0.05) is 31.5 Å². The van der Waals surface area contributed by atoms with E-state index in [1.54, 1.807) is 0 Å². The van der Waals surface area contributed by atoms with Crippen LogP contribution >= 0.6 is 0 Å². The number of anilines is 1. The van der Waals surface area contributed by atoms with Gasteiger partial charge in [0.15, 0.2) is 0 Å². The summed E-state index contributed by atoms with van der Waals surface area (Å²) >= 11 is 0. The monoisotopic (exact) mass is 275 g/mol. The fraction of sp³-hybridized carbons (Fsp3) is 0.562. The van der Waals surface area contributed by atoms with E-state index in [1.165, 1.54) is 0 Å². The molecule has 1 heterocycles. The summed E-state index contributed by atoms with van der Waals surface area (Å²) in [5.41, 5.74) is 1.01. The second-order valence-corrected chi connectivity index (χ2v) is 5.26. The molecule has 0 atom stereocenters. The van der Waals surface area contributed by atoms with E-state index in [0.29, 0.717) is 6.54 Å². The Bertz CT molecular complexity index is 401. The first-order valence-corrected chi connectivity index (χ1v) is 7.59. The van der Waals surface area contributed by atoms with E-state index in [1.807, 2.05) is 35.2 Å². The summed E-state index contributed by atoms with van der Waals surface area (Å²) < 4.78 is 0. The zero-order valence-corrected chi connectivity index (χ0v) is 12.3. The smallest absolute Gasteiger partial charge is 0.241 e. The molecular weight excluding hydrogens is 250 g/mol. The lowest BCUT2D eigenvalue weighted by Crippen LogP contribution is -2.48. The molecule has 0 aliphatic carbocycles. The van der Waals surface area contributed by atoms with Crippen LogP contribution in [0, 0.1) is 0 Å². The van der Waals surface area contributed by atoms with Gasteiger partial charge in [0.05, 0.1) is 6.54 Å². The minimum Gasteiger partial charge on any atom is -0.314 e. The van der Waals surface area contributed by atoms with E-state index >= 15 is 0 Å². The minimum atomic E-state index is 0.214. The molecule has 0 radical (unpaired) electrons. The first-order valence-electron chi connectivity index (χ1n) is 7.59. The molecule has 1 aromatic carbocycles. The van der Waals surface area contributed by atoms with Crippen LogP contribution in [-0.4, -0.2) is 50.1 Å². The Morgan fingerprint density at radius 2 is 1.95 bits per heavy atom. The zero-order chi connectivity index (χ0) is 14.2. The summed E-state index contributed by atoms with van der Waals surface area (Å²) in [7, 11) is 0. The van der Waals surface area contributed by atoms with Gasteiger partial charge in [-0.2, -0.15) is 0 Å². The van der Waals surface area contributed by atoms with Crippen molar-refractivity contribution >= 4 is 11.6 Å². The van der Waals surface area contributed by atoms with Crippen molar-refractivity contribution in [1.29, 1.82) is 0 Å². The quantitative estimate of drug-likeness (QED) is 0.859. The lowest BCUT2D eigenvalue weighted by atomic mass is 10.2. The lowest BCUT2D eigenvalue weighted by Gasteiger charge is -2.30. The van der Waals surface area contributed by atoms with E-state index < -0.39 is 0 Å². The number of carbonyl (C=O) groups is 1. The molecule has 1 aromatic rings. The van der Waals surface area contributed by atoms with Crippen molar-refractivity contribution in [2.24, 2.45) is 0 Å². The van der Waals surface area contributed by atoms with Gasteiger partial charge in [-0.05, 0) is 18.6 Å². The molecule has 1 aliphatic heterocycles. The highest BCUT2D eigenvalue weighted by Crippen LogP contribution is 2.15. The molecule has 4 heteroatoms. The molecule has 0 bridgehead atoms. The molecule has 1 fully saturated rings. The molecule has 4 nitrogen and oxygen atoms in total. The maximum atomic E-state index is 12.6. The average Bonchev–Trinajstić information content (AvgIpc) is 2.50. The van der Waals surface area contributed by atoms with Gasteiger partial charge in [0, 0.05) is 38.4 Å². The third kappa shape index (κ3) is 4.32. The van der Waals surface area contributed by atoms with Crippen LogP contribution in [0.1, 0.15) is 19.8 Å². The van der Waals surface area contributed by atoms with Crippen LogP contribution in [0.4, 0.5) is 5.69 Å². The van der Waals surface area contributed by atoms with Crippen LogP contribution in [0.3, 0.4) is 0 Å². The molecular formula is C16H25N3O. The molecule has 0 saturated carbocycles.